The van der Waals surface area contributed by atoms with Crippen molar-refractivity contribution in [2.45, 2.75) is 0 Å². The molecule has 3 N–H and O–H groups in total. The molecule has 0 saturated carbocycles. The molecule has 0 bridgehead atoms. The third-order valence-corrected chi connectivity index (χ3v) is 0.727. The molecule has 0 aliphatic rings. The number of halogens is 1. The van der Waals surface area contributed by atoms with Crippen LogP contribution in [-0.2, 0) is 0 Å². The summed E-state index contributed by atoms with van der Waals surface area (Å²) in [6, 6.07) is 0. The predicted octanol–water partition coefficient (Wildman–Crippen LogP) is 0.771. The lowest BCUT2D eigenvalue weighted by atomic mass is 10.3. The molecular weight excluding hydrogens is 140 g/mol. The molecule has 0 fully saturated rings. The molecule has 0 aliphatic heterocycles. The highest BCUT2D eigenvalue weighted by Gasteiger charge is 1.85. The van der Waals surface area contributed by atoms with Gasteiger partial charge in [-0.15, -0.1) is 0 Å². The molecule has 0 amide bonds. The summed E-state index contributed by atoms with van der Waals surface area (Å²) >= 11 is 5.10. The van der Waals surface area contributed by atoms with Crippen molar-refractivity contribution in [3.63, 3.8) is 0 Å². The van der Waals surface area contributed by atoms with Gasteiger partial charge in [0.05, 0.1) is 12.3 Å². The molecule has 50 valence electrons. The smallest absolute Gasteiger partial charge is 0.120 e. The average molecular weight is 147 g/mol. The van der Waals surface area contributed by atoms with Gasteiger partial charge in [0, 0.05) is 0 Å². The zero-order valence-electron chi connectivity index (χ0n) is 4.69. The molecule has 0 aliphatic carbocycles. The summed E-state index contributed by atoms with van der Waals surface area (Å²) in [5.41, 5.74) is 0.0420. The lowest BCUT2D eigenvalue weighted by molar-refractivity contribution is 0.357. The van der Waals surface area contributed by atoms with Gasteiger partial charge in [0.15, 0.2) is 0 Å². The van der Waals surface area contributed by atoms with Crippen LogP contribution in [0.2, 0.25) is 0 Å². The maximum atomic E-state index is 8.26. The topological polar surface area (TPSA) is 67.9 Å². The minimum Gasteiger partial charge on any atom is -0.390 e. The highest BCUT2D eigenvalue weighted by molar-refractivity contribution is 6.67. The normalized spacial score (nSPS) is 10.0. The van der Waals surface area contributed by atoms with Crippen LogP contribution in [0.1, 0.15) is 0 Å². The SMILES string of the molecule is N=C(Cl)/C=C\C(=N)CO. The van der Waals surface area contributed by atoms with E-state index in [9.17, 15) is 0 Å². The van der Waals surface area contributed by atoms with Crippen molar-refractivity contribution in [2.24, 2.45) is 0 Å². The molecule has 0 saturated heterocycles. The first-order valence-corrected chi connectivity index (χ1v) is 2.65. The van der Waals surface area contributed by atoms with Crippen LogP contribution in [0.5, 0.6) is 0 Å². The van der Waals surface area contributed by atoms with Crippen LogP contribution in [0.3, 0.4) is 0 Å². The second-order valence-electron chi connectivity index (χ2n) is 1.36. The standard InChI is InChI=1S/C5H7ClN2O/c6-5(8)2-1-4(7)3-9/h1-2,7-9H,3H2/b2-1-,7-4?,8-5?. The molecule has 9 heavy (non-hydrogen) atoms. The highest BCUT2D eigenvalue weighted by atomic mass is 35.5. The van der Waals surface area contributed by atoms with Gasteiger partial charge >= 0.3 is 0 Å². The molecule has 0 atom stereocenters. The second-order valence-corrected chi connectivity index (χ2v) is 1.77. The van der Waals surface area contributed by atoms with Gasteiger partial charge in [-0.25, -0.2) is 0 Å². The molecule has 0 unspecified atom stereocenters. The van der Waals surface area contributed by atoms with E-state index in [4.69, 9.17) is 27.5 Å². The molecule has 0 radical (unpaired) electrons. The maximum absolute atomic E-state index is 8.26. The zero-order valence-corrected chi connectivity index (χ0v) is 5.44. The number of hydrogen-bond acceptors (Lipinski definition) is 3. The lowest BCUT2D eigenvalue weighted by Crippen LogP contribution is -1.97. The number of rotatable bonds is 3. The quantitative estimate of drug-likeness (QED) is 0.506. The van der Waals surface area contributed by atoms with Gasteiger partial charge in [-0.2, -0.15) is 0 Å². The van der Waals surface area contributed by atoms with Crippen LogP contribution in [0, 0.1) is 10.8 Å². The molecule has 0 aromatic carbocycles. The molecule has 0 spiro atoms. The largest absolute Gasteiger partial charge is 0.390 e. The number of aliphatic hydroxyl groups is 1. The van der Waals surface area contributed by atoms with Crippen LogP contribution in [0.15, 0.2) is 12.2 Å². The Morgan fingerprint density at radius 1 is 1.44 bits per heavy atom. The first kappa shape index (κ1) is 8.33. The summed E-state index contributed by atoms with van der Waals surface area (Å²) in [4.78, 5) is 0. The van der Waals surface area contributed by atoms with Crippen LogP contribution < -0.4 is 0 Å². The maximum Gasteiger partial charge on any atom is 0.120 e. The second kappa shape index (κ2) is 4.23. The van der Waals surface area contributed by atoms with E-state index in [-0.39, 0.29) is 17.5 Å². The van der Waals surface area contributed by atoms with Crippen molar-refractivity contribution in [2.75, 3.05) is 6.61 Å². The van der Waals surface area contributed by atoms with Crippen molar-refractivity contribution in [1.29, 1.82) is 10.8 Å². The summed E-state index contributed by atoms with van der Waals surface area (Å²) in [6.07, 6.45) is 2.51. The van der Waals surface area contributed by atoms with E-state index in [1.165, 1.54) is 12.2 Å². The highest BCUT2D eigenvalue weighted by Crippen LogP contribution is 1.83. The Labute approximate surface area is 58.0 Å². The Hall–Kier alpha value is -0.670. The Morgan fingerprint density at radius 2 is 2.00 bits per heavy atom. The molecule has 3 nitrogen and oxygen atoms in total. The lowest BCUT2D eigenvalue weighted by Gasteiger charge is -1.85. The summed E-state index contributed by atoms with van der Waals surface area (Å²) < 4.78 is 0. The fourth-order valence-electron chi connectivity index (χ4n) is 0.226. The van der Waals surface area contributed by atoms with Gasteiger partial charge in [0.1, 0.15) is 5.17 Å². The van der Waals surface area contributed by atoms with E-state index in [0.717, 1.165) is 0 Å². The predicted molar refractivity (Wildman–Crippen MR) is 37.5 cm³/mol. The van der Waals surface area contributed by atoms with Gasteiger partial charge in [-0.05, 0) is 12.2 Å². The molecule has 0 aromatic heterocycles. The van der Waals surface area contributed by atoms with Crippen molar-refractivity contribution < 1.29 is 5.11 Å². The number of nitrogens with one attached hydrogen (secondary N) is 2. The third kappa shape index (κ3) is 5.20. The van der Waals surface area contributed by atoms with Crippen LogP contribution in [-0.4, -0.2) is 22.6 Å². The Morgan fingerprint density at radius 3 is 2.33 bits per heavy atom. The molecule has 4 heteroatoms. The van der Waals surface area contributed by atoms with Crippen molar-refractivity contribution in [1.82, 2.24) is 0 Å². The molecular formula is C5H7ClN2O. The van der Waals surface area contributed by atoms with E-state index in [2.05, 4.69) is 0 Å². The van der Waals surface area contributed by atoms with E-state index in [1.807, 2.05) is 0 Å². The van der Waals surface area contributed by atoms with Crippen LogP contribution in [0.4, 0.5) is 0 Å². The van der Waals surface area contributed by atoms with E-state index in [0.29, 0.717) is 0 Å². The van der Waals surface area contributed by atoms with Gasteiger partial charge in [0.25, 0.3) is 0 Å². The Bertz CT molecular complexity index is 153. The summed E-state index contributed by atoms with van der Waals surface area (Å²) in [7, 11) is 0. The van der Waals surface area contributed by atoms with Gasteiger partial charge < -0.3 is 10.5 Å². The van der Waals surface area contributed by atoms with Gasteiger partial charge in [-0.1, -0.05) is 11.6 Å². The van der Waals surface area contributed by atoms with E-state index >= 15 is 0 Å². The fourth-order valence-corrected chi connectivity index (χ4v) is 0.289. The Kier molecular flexibility index (Phi) is 3.92. The number of aliphatic hydroxyl groups excluding tert-OH is 1. The van der Waals surface area contributed by atoms with Gasteiger partial charge in [0.2, 0.25) is 0 Å². The monoisotopic (exact) mass is 146 g/mol. The summed E-state index contributed by atoms with van der Waals surface area (Å²) in [6.45, 7) is -0.319. The van der Waals surface area contributed by atoms with E-state index < -0.39 is 0 Å². The van der Waals surface area contributed by atoms with Crippen molar-refractivity contribution >= 4 is 22.5 Å². The van der Waals surface area contributed by atoms with Crippen molar-refractivity contribution in [3.8, 4) is 0 Å². The van der Waals surface area contributed by atoms with Crippen LogP contribution >= 0.6 is 11.6 Å². The minimum absolute atomic E-state index is 0.0420. The van der Waals surface area contributed by atoms with Gasteiger partial charge in [-0.3, -0.25) is 5.41 Å². The first-order valence-electron chi connectivity index (χ1n) is 2.27. The third-order valence-electron chi connectivity index (χ3n) is 0.601. The van der Waals surface area contributed by atoms with E-state index in [1.54, 1.807) is 0 Å². The minimum atomic E-state index is -0.319. The average Bonchev–Trinajstić information content (AvgIpc) is 1.83. The van der Waals surface area contributed by atoms with Crippen LogP contribution in [0.25, 0.3) is 0 Å². The Balaban J connectivity index is 3.71. The fraction of sp³-hybridized carbons (Fsp3) is 0.200. The molecule has 0 rings (SSSR count). The first-order chi connectivity index (χ1) is 4.16. The summed E-state index contributed by atoms with van der Waals surface area (Å²) in [5, 5.41) is 21.6. The molecule has 0 aromatic rings. The summed E-state index contributed by atoms with van der Waals surface area (Å²) in [5.74, 6) is 0. The molecule has 0 heterocycles. The number of hydrogen-bond donors (Lipinski definition) is 3. The zero-order chi connectivity index (χ0) is 7.28. The van der Waals surface area contributed by atoms with Crippen molar-refractivity contribution in [3.05, 3.63) is 12.2 Å². The number of allylic oxidation sites excluding steroid dienone is 1.